The van der Waals surface area contributed by atoms with Gasteiger partial charge in [-0.2, -0.15) is 0 Å². The molecule has 0 fully saturated rings. The number of rotatable bonds is 4. The SMILES string of the molecule is O=C(OCC(=O)c1ccc[nH]1)c1ccc2c(c1)OCO2. The number of ketones is 1. The van der Waals surface area contributed by atoms with Gasteiger partial charge in [0.1, 0.15) is 0 Å². The summed E-state index contributed by atoms with van der Waals surface area (Å²) in [6.45, 7) is -0.174. The second-order valence-electron chi connectivity index (χ2n) is 4.15. The molecule has 0 amide bonds. The van der Waals surface area contributed by atoms with Gasteiger partial charge in [-0.25, -0.2) is 4.79 Å². The molecular formula is C14H11NO5. The van der Waals surface area contributed by atoms with Crippen molar-refractivity contribution in [3.05, 3.63) is 47.8 Å². The van der Waals surface area contributed by atoms with Crippen LogP contribution in [0.4, 0.5) is 0 Å². The third-order valence-electron chi connectivity index (χ3n) is 2.84. The maximum Gasteiger partial charge on any atom is 0.338 e. The molecule has 0 aliphatic carbocycles. The van der Waals surface area contributed by atoms with Crippen LogP contribution >= 0.6 is 0 Å². The largest absolute Gasteiger partial charge is 0.454 e. The summed E-state index contributed by atoms with van der Waals surface area (Å²) in [4.78, 5) is 26.3. The van der Waals surface area contributed by atoms with Gasteiger partial charge in [0.05, 0.1) is 11.3 Å². The highest BCUT2D eigenvalue weighted by molar-refractivity contribution is 5.98. The normalized spacial score (nSPS) is 12.2. The fourth-order valence-corrected chi connectivity index (χ4v) is 1.82. The van der Waals surface area contributed by atoms with E-state index < -0.39 is 5.97 Å². The number of aromatic amines is 1. The third kappa shape index (κ3) is 2.35. The van der Waals surface area contributed by atoms with E-state index in [0.717, 1.165) is 0 Å². The number of fused-ring (bicyclic) bond motifs is 1. The smallest absolute Gasteiger partial charge is 0.338 e. The van der Waals surface area contributed by atoms with Crippen LogP contribution in [0.15, 0.2) is 36.5 Å². The van der Waals surface area contributed by atoms with Gasteiger partial charge in [-0.05, 0) is 30.3 Å². The topological polar surface area (TPSA) is 77.6 Å². The van der Waals surface area contributed by atoms with E-state index >= 15 is 0 Å². The number of H-pyrrole nitrogens is 1. The molecule has 0 saturated carbocycles. The standard InChI is InChI=1S/C14H11NO5/c16-11(10-2-1-5-15-10)7-18-14(17)9-3-4-12-13(6-9)20-8-19-12/h1-6,15H,7-8H2. The van der Waals surface area contributed by atoms with Gasteiger partial charge in [-0.3, -0.25) is 4.79 Å². The summed E-state index contributed by atoms with van der Waals surface area (Å²) in [5.74, 6) is 0.214. The molecule has 2 heterocycles. The summed E-state index contributed by atoms with van der Waals surface area (Å²) in [5, 5.41) is 0. The van der Waals surface area contributed by atoms with Crippen molar-refractivity contribution in [1.82, 2.24) is 4.98 Å². The van der Waals surface area contributed by atoms with E-state index in [9.17, 15) is 9.59 Å². The first-order valence-corrected chi connectivity index (χ1v) is 5.97. The molecule has 2 aromatic rings. The molecule has 1 aromatic heterocycles. The highest BCUT2D eigenvalue weighted by Crippen LogP contribution is 2.32. The second kappa shape index (κ2) is 5.08. The van der Waals surface area contributed by atoms with E-state index in [2.05, 4.69) is 4.98 Å². The van der Waals surface area contributed by atoms with Crippen LogP contribution in [0.1, 0.15) is 20.8 Å². The number of hydrogen-bond donors (Lipinski definition) is 1. The molecule has 1 aliphatic heterocycles. The fraction of sp³-hybridized carbons (Fsp3) is 0.143. The first-order valence-electron chi connectivity index (χ1n) is 5.97. The molecule has 3 rings (SSSR count). The van der Waals surface area contributed by atoms with Crippen LogP contribution in [-0.2, 0) is 4.74 Å². The van der Waals surface area contributed by atoms with E-state index in [1.807, 2.05) is 0 Å². The Morgan fingerprint density at radius 3 is 2.85 bits per heavy atom. The van der Waals surface area contributed by atoms with Crippen LogP contribution in [0.25, 0.3) is 0 Å². The summed E-state index contributed by atoms with van der Waals surface area (Å²) < 4.78 is 15.3. The van der Waals surface area contributed by atoms with Gasteiger partial charge >= 0.3 is 5.97 Å². The molecule has 1 aromatic carbocycles. The van der Waals surface area contributed by atoms with Crippen LogP contribution < -0.4 is 9.47 Å². The maximum atomic E-state index is 11.8. The minimum absolute atomic E-state index is 0.138. The van der Waals surface area contributed by atoms with Crippen molar-refractivity contribution in [2.75, 3.05) is 13.4 Å². The quantitative estimate of drug-likeness (QED) is 0.678. The molecule has 6 heteroatoms. The molecular weight excluding hydrogens is 262 g/mol. The summed E-state index contributed by atoms with van der Waals surface area (Å²) in [7, 11) is 0. The lowest BCUT2D eigenvalue weighted by Crippen LogP contribution is -2.14. The number of benzene rings is 1. The van der Waals surface area contributed by atoms with Crippen LogP contribution in [-0.4, -0.2) is 30.1 Å². The van der Waals surface area contributed by atoms with Crippen LogP contribution in [0.5, 0.6) is 11.5 Å². The predicted molar refractivity (Wildman–Crippen MR) is 68.0 cm³/mol. The Bertz CT molecular complexity index is 648. The van der Waals surface area contributed by atoms with Crippen molar-refractivity contribution < 1.29 is 23.8 Å². The van der Waals surface area contributed by atoms with Gasteiger partial charge in [-0.1, -0.05) is 0 Å². The average Bonchev–Trinajstić information content (AvgIpc) is 3.13. The molecule has 0 atom stereocenters. The van der Waals surface area contributed by atoms with Crippen molar-refractivity contribution in [3.63, 3.8) is 0 Å². The predicted octanol–water partition coefficient (Wildman–Crippen LogP) is 1.78. The van der Waals surface area contributed by atoms with Gasteiger partial charge in [0, 0.05) is 6.20 Å². The summed E-state index contributed by atoms with van der Waals surface area (Å²) in [6.07, 6.45) is 1.63. The summed E-state index contributed by atoms with van der Waals surface area (Å²) in [6, 6.07) is 8.05. The average molecular weight is 273 g/mol. The summed E-state index contributed by atoms with van der Waals surface area (Å²) in [5.41, 5.74) is 0.719. The minimum atomic E-state index is -0.580. The number of nitrogens with one attached hydrogen (secondary N) is 1. The zero-order valence-electron chi connectivity index (χ0n) is 10.4. The zero-order chi connectivity index (χ0) is 13.9. The van der Waals surface area contributed by atoms with Gasteiger partial charge in [0.25, 0.3) is 0 Å². The molecule has 0 spiro atoms. The van der Waals surface area contributed by atoms with E-state index in [4.69, 9.17) is 14.2 Å². The summed E-state index contributed by atoms with van der Waals surface area (Å²) >= 11 is 0. The molecule has 0 unspecified atom stereocenters. The molecule has 1 N–H and O–H groups in total. The lowest BCUT2D eigenvalue weighted by molar-refractivity contribution is 0.0473. The fourth-order valence-electron chi connectivity index (χ4n) is 1.82. The Morgan fingerprint density at radius 2 is 2.05 bits per heavy atom. The van der Waals surface area contributed by atoms with E-state index in [-0.39, 0.29) is 19.2 Å². The number of carbonyl (C=O) groups is 2. The van der Waals surface area contributed by atoms with Crippen molar-refractivity contribution in [2.45, 2.75) is 0 Å². The van der Waals surface area contributed by atoms with Gasteiger partial charge in [0.15, 0.2) is 18.1 Å². The Balaban J connectivity index is 1.63. The molecule has 102 valence electrons. The first-order chi connectivity index (χ1) is 9.74. The monoisotopic (exact) mass is 273 g/mol. The first kappa shape index (κ1) is 12.3. The Kier molecular flexibility index (Phi) is 3.12. The molecule has 6 nitrogen and oxygen atoms in total. The zero-order valence-corrected chi connectivity index (χ0v) is 10.4. The van der Waals surface area contributed by atoms with Crippen molar-refractivity contribution in [2.24, 2.45) is 0 Å². The van der Waals surface area contributed by atoms with E-state index in [0.29, 0.717) is 22.8 Å². The van der Waals surface area contributed by atoms with Crippen molar-refractivity contribution in [3.8, 4) is 11.5 Å². The maximum absolute atomic E-state index is 11.8. The minimum Gasteiger partial charge on any atom is -0.454 e. The van der Waals surface area contributed by atoms with E-state index in [1.165, 1.54) is 6.07 Å². The molecule has 0 bridgehead atoms. The van der Waals surface area contributed by atoms with Crippen molar-refractivity contribution in [1.29, 1.82) is 0 Å². The van der Waals surface area contributed by atoms with Crippen LogP contribution in [0, 0.1) is 0 Å². The Hall–Kier alpha value is -2.76. The molecule has 1 aliphatic rings. The number of hydrogen-bond acceptors (Lipinski definition) is 5. The van der Waals surface area contributed by atoms with Crippen LogP contribution in [0.2, 0.25) is 0 Å². The highest BCUT2D eigenvalue weighted by atomic mass is 16.7. The number of aromatic nitrogens is 1. The lowest BCUT2D eigenvalue weighted by Gasteiger charge is -2.04. The Labute approximate surface area is 114 Å². The van der Waals surface area contributed by atoms with Gasteiger partial charge in [-0.15, -0.1) is 0 Å². The third-order valence-corrected chi connectivity index (χ3v) is 2.84. The van der Waals surface area contributed by atoms with Gasteiger partial charge < -0.3 is 19.2 Å². The molecule has 0 saturated heterocycles. The molecule has 20 heavy (non-hydrogen) atoms. The number of carbonyl (C=O) groups excluding carboxylic acids is 2. The lowest BCUT2D eigenvalue weighted by atomic mass is 10.2. The number of esters is 1. The van der Waals surface area contributed by atoms with Crippen LogP contribution in [0.3, 0.4) is 0 Å². The van der Waals surface area contributed by atoms with Gasteiger partial charge in [0.2, 0.25) is 12.6 Å². The number of ether oxygens (including phenoxy) is 3. The second-order valence-corrected chi connectivity index (χ2v) is 4.15. The van der Waals surface area contributed by atoms with E-state index in [1.54, 1.807) is 30.5 Å². The highest BCUT2D eigenvalue weighted by Gasteiger charge is 2.18. The van der Waals surface area contributed by atoms with Crippen molar-refractivity contribution >= 4 is 11.8 Å². The Morgan fingerprint density at radius 1 is 1.20 bits per heavy atom. The number of Topliss-reactive ketones (excluding diaryl/α,β-unsaturated/α-hetero) is 1. The molecule has 0 radical (unpaired) electrons.